The van der Waals surface area contributed by atoms with E-state index in [4.69, 9.17) is 0 Å². The molecule has 7 heteroatoms. The largest absolute Gasteiger partial charge is 0.302 e. The monoisotopic (exact) mass is 383 g/mol. The highest BCUT2D eigenvalue weighted by Crippen LogP contribution is 2.34. The Balaban J connectivity index is 1.49. The van der Waals surface area contributed by atoms with Crippen LogP contribution in [0.2, 0.25) is 0 Å². The standard InChI is InChI=1S/C20H21N3O3S/c1-12-11-27-20(21-12)22-17(24)14-7-3-2-6-13(14)10-23-18(25)15-8-4-5-9-16(15)19(23)26/h4-5,8-9,11,13-14H,2-3,6-7,10H2,1H3,(H,21,22,24). The second-order valence-electron chi connectivity index (χ2n) is 7.20. The third kappa shape index (κ3) is 3.39. The lowest BCUT2D eigenvalue weighted by Crippen LogP contribution is -2.41. The molecule has 4 rings (SSSR count). The van der Waals surface area contributed by atoms with Crippen LogP contribution in [0.1, 0.15) is 52.1 Å². The molecule has 0 bridgehead atoms. The molecule has 0 saturated heterocycles. The van der Waals surface area contributed by atoms with Crippen molar-refractivity contribution in [3.05, 3.63) is 46.5 Å². The lowest BCUT2D eigenvalue weighted by Gasteiger charge is -2.32. The third-order valence-corrected chi connectivity index (χ3v) is 6.27. The fraction of sp³-hybridized carbons (Fsp3) is 0.400. The van der Waals surface area contributed by atoms with Crippen LogP contribution in [0, 0.1) is 18.8 Å². The molecular formula is C20H21N3O3S. The van der Waals surface area contributed by atoms with E-state index < -0.39 is 0 Å². The predicted octanol–water partition coefficient (Wildman–Crippen LogP) is 3.49. The summed E-state index contributed by atoms with van der Waals surface area (Å²) in [6.07, 6.45) is 3.59. The molecule has 1 N–H and O–H groups in total. The molecular weight excluding hydrogens is 362 g/mol. The van der Waals surface area contributed by atoms with Crippen LogP contribution in [0.4, 0.5) is 5.13 Å². The van der Waals surface area contributed by atoms with E-state index in [0.717, 1.165) is 31.4 Å². The van der Waals surface area contributed by atoms with Gasteiger partial charge in [0.25, 0.3) is 11.8 Å². The Morgan fingerprint density at radius 3 is 2.48 bits per heavy atom. The number of nitrogens with zero attached hydrogens (tertiary/aromatic N) is 2. The van der Waals surface area contributed by atoms with Gasteiger partial charge in [-0.2, -0.15) is 0 Å². The van der Waals surface area contributed by atoms with Crippen molar-refractivity contribution in [3.63, 3.8) is 0 Å². The van der Waals surface area contributed by atoms with Gasteiger partial charge in [-0.1, -0.05) is 25.0 Å². The number of hydrogen-bond donors (Lipinski definition) is 1. The van der Waals surface area contributed by atoms with Crippen LogP contribution in [0.15, 0.2) is 29.6 Å². The summed E-state index contributed by atoms with van der Waals surface area (Å²) in [7, 11) is 0. The van der Waals surface area contributed by atoms with Crippen LogP contribution in [-0.4, -0.2) is 34.2 Å². The Kier molecular flexibility index (Phi) is 4.78. The molecule has 3 amide bonds. The van der Waals surface area contributed by atoms with Gasteiger partial charge in [0.05, 0.1) is 16.8 Å². The molecule has 27 heavy (non-hydrogen) atoms. The summed E-state index contributed by atoms with van der Waals surface area (Å²) < 4.78 is 0. The summed E-state index contributed by atoms with van der Waals surface area (Å²) in [4.78, 5) is 43.7. The van der Waals surface area contributed by atoms with Gasteiger partial charge in [-0.15, -0.1) is 11.3 Å². The first kappa shape index (κ1) is 17.9. The maximum atomic E-state index is 12.8. The number of imide groups is 1. The molecule has 1 aromatic carbocycles. The van der Waals surface area contributed by atoms with Gasteiger partial charge in [0, 0.05) is 17.8 Å². The lowest BCUT2D eigenvalue weighted by atomic mass is 9.78. The van der Waals surface area contributed by atoms with Gasteiger partial charge in [0.2, 0.25) is 5.91 Å². The molecule has 140 valence electrons. The zero-order chi connectivity index (χ0) is 19.0. The molecule has 1 aromatic heterocycles. The van der Waals surface area contributed by atoms with Crippen LogP contribution in [-0.2, 0) is 4.79 Å². The molecule has 2 atom stereocenters. The number of fused-ring (bicyclic) bond motifs is 1. The normalized spacial score (nSPS) is 22.0. The Hall–Kier alpha value is -2.54. The van der Waals surface area contributed by atoms with E-state index in [1.807, 2.05) is 12.3 Å². The molecule has 0 radical (unpaired) electrons. The number of amides is 3. The van der Waals surface area contributed by atoms with Gasteiger partial charge >= 0.3 is 0 Å². The number of thiazole rings is 1. The van der Waals surface area contributed by atoms with Crippen LogP contribution < -0.4 is 5.32 Å². The summed E-state index contributed by atoms with van der Waals surface area (Å²) in [5.74, 6) is -0.813. The second kappa shape index (κ2) is 7.23. The second-order valence-corrected chi connectivity index (χ2v) is 8.06. The average Bonchev–Trinajstić information content (AvgIpc) is 3.19. The van der Waals surface area contributed by atoms with Crippen molar-refractivity contribution >= 4 is 34.2 Å². The molecule has 2 unspecified atom stereocenters. The first-order valence-electron chi connectivity index (χ1n) is 9.23. The quantitative estimate of drug-likeness (QED) is 0.820. The SMILES string of the molecule is Cc1csc(NC(=O)C2CCCCC2CN2C(=O)c3ccccc3C2=O)n1. The number of benzene rings is 1. The van der Waals surface area contributed by atoms with Crippen molar-refractivity contribution in [3.8, 4) is 0 Å². The van der Waals surface area contributed by atoms with Gasteiger partial charge in [0.1, 0.15) is 0 Å². The van der Waals surface area contributed by atoms with Gasteiger partial charge < -0.3 is 5.32 Å². The van der Waals surface area contributed by atoms with E-state index in [-0.39, 0.29) is 29.6 Å². The Bertz CT molecular complexity index is 872. The predicted molar refractivity (Wildman–Crippen MR) is 103 cm³/mol. The van der Waals surface area contributed by atoms with E-state index in [2.05, 4.69) is 10.3 Å². The van der Waals surface area contributed by atoms with Crippen molar-refractivity contribution < 1.29 is 14.4 Å². The van der Waals surface area contributed by atoms with Gasteiger partial charge in [-0.3, -0.25) is 19.3 Å². The molecule has 0 spiro atoms. The van der Waals surface area contributed by atoms with E-state index in [9.17, 15) is 14.4 Å². The van der Waals surface area contributed by atoms with Gasteiger partial charge in [-0.25, -0.2) is 4.98 Å². The molecule has 1 saturated carbocycles. The van der Waals surface area contributed by atoms with E-state index >= 15 is 0 Å². The number of carbonyl (C=O) groups excluding carboxylic acids is 3. The molecule has 2 aromatic rings. The number of aryl methyl sites for hydroxylation is 1. The maximum absolute atomic E-state index is 12.8. The van der Waals surface area contributed by atoms with Crippen LogP contribution in [0.5, 0.6) is 0 Å². The van der Waals surface area contributed by atoms with Crippen LogP contribution >= 0.6 is 11.3 Å². The molecule has 2 heterocycles. The van der Waals surface area contributed by atoms with E-state index in [1.165, 1.54) is 16.2 Å². The van der Waals surface area contributed by atoms with Crippen molar-refractivity contribution in [1.82, 2.24) is 9.88 Å². The summed E-state index contributed by atoms with van der Waals surface area (Å²) in [6, 6.07) is 6.90. The molecule has 1 aliphatic heterocycles. The lowest BCUT2D eigenvalue weighted by molar-refractivity contribution is -0.122. The highest BCUT2D eigenvalue weighted by molar-refractivity contribution is 7.13. The van der Waals surface area contributed by atoms with Crippen molar-refractivity contribution in [2.75, 3.05) is 11.9 Å². The Morgan fingerprint density at radius 2 is 1.85 bits per heavy atom. The Labute approximate surface area is 161 Å². The summed E-state index contributed by atoms with van der Waals surface area (Å²) >= 11 is 1.41. The fourth-order valence-electron chi connectivity index (χ4n) is 4.02. The highest BCUT2D eigenvalue weighted by atomic mass is 32.1. The highest BCUT2D eigenvalue weighted by Gasteiger charge is 2.40. The number of rotatable bonds is 4. The summed E-state index contributed by atoms with van der Waals surface area (Å²) in [5, 5.41) is 5.40. The molecule has 1 aliphatic carbocycles. The first-order chi connectivity index (χ1) is 13.0. The summed E-state index contributed by atoms with van der Waals surface area (Å²) in [6.45, 7) is 2.18. The number of aromatic nitrogens is 1. The molecule has 1 fully saturated rings. The zero-order valence-electron chi connectivity index (χ0n) is 15.1. The number of hydrogen-bond acceptors (Lipinski definition) is 5. The number of nitrogens with one attached hydrogen (secondary N) is 1. The minimum atomic E-state index is -0.254. The first-order valence-corrected chi connectivity index (χ1v) is 10.1. The molecule has 6 nitrogen and oxygen atoms in total. The topological polar surface area (TPSA) is 79.4 Å². The van der Waals surface area contributed by atoms with Crippen molar-refractivity contribution in [1.29, 1.82) is 0 Å². The van der Waals surface area contributed by atoms with Gasteiger partial charge in [-0.05, 0) is 37.8 Å². The van der Waals surface area contributed by atoms with E-state index in [1.54, 1.807) is 24.3 Å². The smallest absolute Gasteiger partial charge is 0.261 e. The van der Waals surface area contributed by atoms with Crippen LogP contribution in [0.3, 0.4) is 0 Å². The van der Waals surface area contributed by atoms with Crippen LogP contribution in [0.25, 0.3) is 0 Å². The zero-order valence-corrected chi connectivity index (χ0v) is 15.9. The fourth-order valence-corrected chi connectivity index (χ4v) is 4.71. The number of anilines is 1. The number of carbonyl (C=O) groups is 3. The molecule has 2 aliphatic rings. The van der Waals surface area contributed by atoms with Gasteiger partial charge in [0.15, 0.2) is 5.13 Å². The van der Waals surface area contributed by atoms with Crippen molar-refractivity contribution in [2.24, 2.45) is 11.8 Å². The minimum absolute atomic E-state index is 0.0259. The average molecular weight is 383 g/mol. The summed E-state index contributed by atoms with van der Waals surface area (Å²) in [5.41, 5.74) is 1.79. The Morgan fingerprint density at radius 1 is 1.19 bits per heavy atom. The van der Waals surface area contributed by atoms with E-state index in [0.29, 0.717) is 22.8 Å². The minimum Gasteiger partial charge on any atom is -0.302 e. The van der Waals surface area contributed by atoms with Crippen molar-refractivity contribution in [2.45, 2.75) is 32.6 Å². The third-order valence-electron chi connectivity index (χ3n) is 5.39. The maximum Gasteiger partial charge on any atom is 0.261 e.